The predicted octanol–water partition coefficient (Wildman–Crippen LogP) is 1.53. The molecule has 2 amide bonds. The van der Waals surface area contributed by atoms with E-state index in [-0.39, 0.29) is 10.8 Å². The van der Waals surface area contributed by atoms with E-state index in [0.29, 0.717) is 25.1 Å². The Hall–Kier alpha value is -2.23. The van der Waals surface area contributed by atoms with Crippen molar-refractivity contribution in [1.29, 1.82) is 0 Å². The summed E-state index contributed by atoms with van der Waals surface area (Å²) in [7, 11) is -2.15. The summed E-state index contributed by atoms with van der Waals surface area (Å²) in [5.74, 6) is -1.67. The lowest BCUT2D eigenvalue weighted by Gasteiger charge is -2.18. The van der Waals surface area contributed by atoms with Crippen LogP contribution in [0.2, 0.25) is 0 Å². The minimum atomic E-state index is -3.70. The molecule has 2 N–H and O–H groups in total. The third-order valence-corrected chi connectivity index (χ3v) is 7.32. The van der Waals surface area contributed by atoms with Gasteiger partial charge in [-0.3, -0.25) is 9.59 Å². The first-order valence-corrected chi connectivity index (χ1v) is 10.8. The van der Waals surface area contributed by atoms with Gasteiger partial charge in [-0.05, 0) is 23.4 Å². The van der Waals surface area contributed by atoms with Gasteiger partial charge in [0.2, 0.25) is 0 Å². The standard InChI is InChI=1S/C18H22N2O5S2/c1-25-11-6-10-19-17(21)18(22)20-13-15(14-7-3-2-4-8-14)27(23,24)16-9-5-12-26-16/h2-5,7-9,12,15H,6,10-11,13H2,1H3,(H,19,21)(H,20,22)/t15-/m0/s1. The van der Waals surface area contributed by atoms with Crippen LogP contribution in [-0.2, 0) is 24.2 Å². The van der Waals surface area contributed by atoms with Crippen LogP contribution in [0.5, 0.6) is 0 Å². The summed E-state index contributed by atoms with van der Waals surface area (Å²) >= 11 is 1.12. The van der Waals surface area contributed by atoms with Gasteiger partial charge in [-0.1, -0.05) is 36.4 Å². The second kappa shape index (κ2) is 10.2. The van der Waals surface area contributed by atoms with E-state index in [9.17, 15) is 18.0 Å². The normalized spacial score (nSPS) is 12.3. The Labute approximate surface area is 162 Å². The minimum absolute atomic E-state index is 0.200. The maximum atomic E-state index is 13.0. The fourth-order valence-corrected chi connectivity index (χ4v) is 5.27. The molecule has 1 aromatic heterocycles. The van der Waals surface area contributed by atoms with Gasteiger partial charge < -0.3 is 15.4 Å². The van der Waals surface area contributed by atoms with Gasteiger partial charge in [0.15, 0.2) is 9.84 Å². The number of hydrogen-bond donors (Lipinski definition) is 2. The summed E-state index contributed by atoms with van der Waals surface area (Å²) in [5.41, 5.74) is 0.548. The van der Waals surface area contributed by atoms with E-state index in [1.54, 1.807) is 48.9 Å². The number of thiophene rings is 1. The molecule has 7 nitrogen and oxygen atoms in total. The van der Waals surface area contributed by atoms with Crippen LogP contribution in [0.25, 0.3) is 0 Å². The van der Waals surface area contributed by atoms with Crippen LogP contribution in [0.3, 0.4) is 0 Å². The summed E-state index contributed by atoms with van der Waals surface area (Å²) < 4.78 is 31.0. The SMILES string of the molecule is COCCCNC(=O)C(=O)NC[C@@H](c1ccccc1)S(=O)(=O)c1cccs1. The van der Waals surface area contributed by atoms with Gasteiger partial charge >= 0.3 is 11.8 Å². The second-order valence-electron chi connectivity index (χ2n) is 5.69. The maximum absolute atomic E-state index is 13.0. The van der Waals surface area contributed by atoms with Crippen molar-refractivity contribution in [3.63, 3.8) is 0 Å². The topological polar surface area (TPSA) is 102 Å². The van der Waals surface area contributed by atoms with Crippen molar-refractivity contribution in [2.45, 2.75) is 15.9 Å². The van der Waals surface area contributed by atoms with Crippen molar-refractivity contribution in [2.24, 2.45) is 0 Å². The van der Waals surface area contributed by atoms with E-state index in [4.69, 9.17) is 4.74 Å². The van der Waals surface area contributed by atoms with Crippen LogP contribution in [0, 0.1) is 0 Å². The second-order valence-corrected chi connectivity index (χ2v) is 8.99. The zero-order valence-electron chi connectivity index (χ0n) is 14.9. The lowest BCUT2D eigenvalue weighted by molar-refractivity contribution is -0.139. The Morgan fingerprint density at radius 1 is 1.07 bits per heavy atom. The number of carbonyl (C=O) groups excluding carboxylic acids is 2. The van der Waals surface area contributed by atoms with Crippen LogP contribution in [0.4, 0.5) is 0 Å². The number of rotatable bonds is 9. The molecule has 0 spiro atoms. The Kier molecular flexibility index (Phi) is 7.96. The van der Waals surface area contributed by atoms with Gasteiger partial charge in [0.25, 0.3) is 0 Å². The van der Waals surface area contributed by atoms with E-state index in [1.165, 1.54) is 6.07 Å². The van der Waals surface area contributed by atoms with Crippen LogP contribution < -0.4 is 10.6 Å². The Bertz CT molecular complexity index is 836. The van der Waals surface area contributed by atoms with Crippen LogP contribution in [-0.4, -0.2) is 47.0 Å². The number of carbonyl (C=O) groups is 2. The zero-order chi connectivity index (χ0) is 19.7. The molecule has 0 radical (unpaired) electrons. The molecule has 27 heavy (non-hydrogen) atoms. The van der Waals surface area contributed by atoms with Gasteiger partial charge in [-0.25, -0.2) is 8.42 Å². The van der Waals surface area contributed by atoms with E-state index in [2.05, 4.69) is 10.6 Å². The molecule has 0 aliphatic rings. The van der Waals surface area contributed by atoms with Crippen molar-refractivity contribution >= 4 is 33.0 Å². The van der Waals surface area contributed by atoms with Crippen LogP contribution in [0.1, 0.15) is 17.2 Å². The van der Waals surface area contributed by atoms with Crippen molar-refractivity contribution in [3.8, 4) is 0 Å². The van der Waals surface area contributed by atoms with Crippen molar-refractivity contribution in [1.82, 2.24) is 10.6 Å². The lowest BCUT2D eigenvalue weighted by Crippen LogP contribution is -2.42. The Morgan fingerprint density at radius 3 is 2.41 bits per heavy atom. The first kappa shape index (κ1) is 21.1. The molecule has 0 saturated heterocycles. The molecule has 0 aliphatic carbocycles. The summed E-state index contributed by atoms with van der Waals surface area (Å²) in [6.45, 7) is 0.571. The van der Waals surface area contributed by atoms with Crippen molar-refractivity contribution in [3.05, 3.63) is 53.4 Å². The number of nitrogens with one attached hydrogen (secondary N) is 2. The van der Waals surface area contributed by atoms with Crippen LogP contribution >= 0.6 is 11.3 Å². The molecule has 0 aliphatic heterocycles. The number of benzene rings is 1. The number of hydrogen-bond acceptors (Lipinski definition) is 6. The molecule has 146 valence electrons. The van der Waals surface area contributed by atoms with E-state index < -0.39 is 26.9 Å². The number of ether oxygens (including phenoxy) is 1. The first-order valence-electron chi connectivity index (χ1n) is 8.34. The highest BCUT2D eigenvalue weighted by Crippen LogP contribution is 2.30. The Balaban J connectivity index is 2.08. The molecule has 1 heterocycles. The molecule has 0 fully saturated rings. The van der Waals surface area contributed by atoms with Crippen molar-refractivity contribution in [2.75, 3.05) is 26.8 Å². The van der Waals surface area contributed by atoms with E-state index in [0.717, 1.165) is 11.3 Å². The molecule has 1 atom stereocenters. The van der Waals surface area contributed by atoms with Gasteiger partial charge in [0, 0.05) is 26.8 Å². The Morgan fingerprint density at radius 2 is 1.78 bits per heavy atom. The highest BCUT2D eigenvalue weighted by Gasteiger charge is 2.31. The third-order valence-electron chi connectivity index (χ3n) is 3.79. The quantitative estimate of drug-likeness (QED) is 0.482. The molecule has 0 unspecified atom stereocenters. The molecule has 2 rings (SSSR count). The molecular formula is C18H22N2O5S2. The summed E-state index contributed by atoms with van der Waals surface area (Å²) in [6.07, 6.45) is 0.578. The number of sulfone groups is 1. The van der Waals surface area contributed by atoms with Gasteiger partial charge in [-0.2, -0.15) is 0 Å². The molecule has 2 aromatic rings. The molecule has 0 bridgehead atoms. The minimum Gasteiger partial charge on any atom is -0.385 e. The predicted molar refractivity (Wildman–Crippen MR) is 103 cm³/mol. The molecular weight excluding hydrogens is 388 g/mol. The highest BCUT2D eigenvalue weighted by molar-refractivity contribution is 7.93. The number of amides is 2. The third kappa shape index (κ3) is 5.88. The van der Waals surface area contributed by atoms with Gasteiger partial charge in [0.1, 0.15) is 9.46 Å². The molecule has 9 heteroatoms. The largest absolute Gasteiger partial charge is 0.385 e. The van der Waals surface area contributed by atoms with Crippen LogP contribution in [0.15, 0.2) is 52.1 Å². The van der Waals surface area contributed by atoms with Crippen molar-refractivity contribution < 1.29 is 22.7 Å². The summed E-state index contributed by atoms with van der Waals surface area (Å²) in [4.78, 5) is 23.8. The zero-order valence-corrected chi connectivity index (χ0v) is 16.5. The average molecular weight is 411 g/mol. The maximum Gasteiger partial charge on any atom is 0.309 e. The van der Waals surface area contributed by atoms with E-state index >= 15 is 0 Å². The molecule has 1 aromatic carbocycles. The summed E-state index contributed by atoms with van der Waals surface area (Å²) in [5, 5.41) is 5.60. The monoisotopic (exact) mass is 410 g/mol. The fraction of sp³-hybridized carbons (Fsp3) is 0.333. The fourth-order valence-electron chi connectivity index (χ4n) is 2.40. The first-order chi connectivity index (χ1) is 13.0. The van der Waals surface area contributed by atoms with E-state index in [1.807, 2.05) is 0 Å². The molecule has 0 saturated carbocycles. The van der Waals surface area contributed by atoms with Gasteiger partial charge in [-0.15, -0.1) is 11.3 Å². The smallest absolute Gasteiger partial charge is 0.309 e. The lowest BCUT2D eigenvalue weighted by atomic mass is 10.1. The van der Waals surface area contributed by atoms with Gasteiger partial charge in [0.05, 0.1) is 0 Å². The number of methoxy groups -OCH3 is 1. The highest BCUT2D eigenvalue weighted by atomic mass is 32.2. The average Bonchev–Trinajstić information content (AvgIpc) is 3.21. The summed E-state index contributed by atoms with van der Waals surface area (Å²) in [6, 6.07) is 11.8.